The highest BCUT2D eigenvalue weighted by atomic mass is 16.5. The molecule has 5 heteroatoms. The van der Waals surface area contributed by atoms with Gasteiger partial charge in [0.15, 0.2) is 5.65 Å². The van der Waals surface area contributed by atoms with E-state index in [4.69, 9.17) is 4.74 Å². The average Bonchev–Trinajstić information content (AvgIpc) is 2.28. The summed E-state index contributed by atoms with van der Waals surface area (Å²) in [6.45, 7) is 3.90. The first-order chi connectivity index (χ1) is 7.70. The number of hydrogen-bond donors (Lipinski definition) is 0. The number of carbonyl (C=O) groups is 1. The molecule has 0 saturated carbocycles. The van der Waals surface area contributed by atoms with E-state index < -0.39 is 0 Å². The number of aryl methyl sites for hydroxylation is 1. The van der Waals surface area contributed by atoms with E-state index in [9.17, 15) is 4.79 Å². The van der Waals surface area contributed by atoms with Gasteiger partial charge in [-0.3, -0.25) is 0 Å². The number of esters is 1. The fourth-order valence-electron chi connectivity index (χ4n) is 1.33. The van der Waals surface area contributed by atoms with Crippen molar-refractivity contribution in [1.29, 1.82) is 0 Å². The predicted molar refractivity (Wildman–Crippen MR) is 58.0 cm³/mol. The Bertz CT molecular complexity index is 540. The lowest BCUT2D eigenvalue weighted by atomic mass is 10.2. The van der Waals surface area contributed by atoms with Gasteiger partial charge in [-0.1, -0.05) is 0 Å². The van der Waals surface area contributed by atoms with Crippen molar-refractivity contribution in [3.8, 4) is 0 Å². The summed E-state index contributed by atoms with van der Waals surface area (Å²) in [5.41, 5.74) is 1.00. The van der Waals surface area contributed by atoms with Crippen molar-refractivity contribution >= 4 is 17.0 Å². The van der Waals surface area contributed by atoms with E-state index in [1.807, 2.05) is 0 Å². The zero-order valence-corrected chi connectivity index (χ0v) is 9.10. The molecule has 0 N–H and O–H groups in total. The average molecular weight is 217 g/mol. The Morgan fingerprint density at radius 2 is 2.19 bits per heavy atom. The molecule has 82 valence electrons. The molecular weight excluding hydrogens is 206 g/mol. The lowest BCUT2D eigenvalue weighted by molar-refractivity contribution is 0.0526. The second kappa shape index (κ2) is 4.22. The number of hydrogen-bond acceptors (Lipinski definition) is 5. The second-order valence-electron chi connectivity index (χ2n) is 3.27. The van der Waals surface area contributed by atoms with Crippen molar-refractivity contribution in [2.24, 2.45) is 0 Å². The summed E-state index contributed by atoms with van der Waals surface area (Å²) in [6, 6.07) is 1.68. The molecule has 0 aromatic carbocycles. The maximum absolute atomic E-state index is 11.5. The van der Waals surface area contributed by atoms with Crippen molar-refractivity contribution in [1.82, 2.24) is 15.0 Å². The number of fused-ring (bicyclic) bond motifs is 1. The molecule has 0 fully saturated rings. The van der Waals surface area contributed by atoms with Crippen LogP contribution >= 0.6 is 0 Å². The maximum atomic E-state index is 11.5. The predicted octanol–water partition coefficient (Wildman–Crippen LogP) is 1.51. The van der Waals surface area contributed by atoms with Crippen molar-refractivity contribution in [2.75, 3.05) is 6.61 Å². The van der Waals surface area contributed by atoms with Gasteiger partial charge in [-0.2, -0.15) is 0 Å². The number of ether oxygens (including phenoxy) is 1. The molecule has 0 spiro atoms. The highest BCUT2D eigenvalue weighted by Crippen LogP contribution is 2.11. The zero-order valence-electron chi connectivity index (χ0n) is 9.10. The summed E-state index contributed by atoms with van der Waals surface area (Å²) in [6.07, 6.45) is 3.11. The monoisotopic (exact) mass is 217 g/mol. The number of pyridine rings is 1. The van der Waals surface area contributed by atoms with E-state index in [0.29, 0.717) is 23.6 Å². The van der Waals surface area contributed by atoms with Crippen molar-refractivity contribution in [2.45, 2.75) is 13.8 Å². The van der Waals surface area contributed by atoms with E-state index in [1.165, 1.54) is 6.20 Å². The summed E-state index contributed by atoms with van der Waals surface area (Å²) in [4.78, 5) is 23.7. The van der Waals surface area contributed by atoms with Gasteiger partial charge in [0.1, 0.15) is 5.82 Å². The Morgan fingerprint density at radius 3 is 2.94 bits per heavy atom. The molecule has 0 unspecified atom stereocenters. The topological polar surface area (TPSA) is 65.0 Å². The van der Waals surface area contributed by atoms with Crippen molar-refractivity contribution < 1.29 is 9.53 Å². The van der Waals surface area contributed by atoms with E-state index in [0.717, 1.165) is 5.39 Å². The van der Waals surface area contributed by atoms with Gasteiger partial charge in [-0.05, 0) is 19.9 Å². The van der Waals surface area contributed by atoms with Crippen LogP contribution in [0.1, 0.15) is 23.1 Å². The summed E-state index contributed by atoms with van der Waals surface area (Å²) < 4.78 is 4.88. The number of aromatic nitrogens is 3. The number of nitrogens with zero attached hydrogens (tertiary/aromatic N) is 3. The van der Waals surface area contributed by atoms with Gasteiger partial charge in [0.2, 0.25) is 0 Å². The standard InChI is InChI=1S/C11H11N3O2/c1-3-16-11(15)9-4-8-5-12-7(2)14-10(8)13-6-9/h4-6H,3H2,1-2H3. The van der Waals surface area contributed by atoms with Gasteiger partial charge < -0.3 is 4.74 Å². The van der Waals surface area contributed by atoms with E-state index in [-0.39, 0.29) is 5.97 Å². The van der Waals surface area contributed by atoms with Gasteiger partial charge >= 0.3 is 5.97 Å². The van der Waals surface area contributed by atoms with Crippen molar-refractivity contribution in [3.05, 3.63) is 29.8 Å². The Balaban J connectivity index is 2.44. The minimum atomic E-state index is -0.377. The van der Waals surface area contributed by atoms with Crippen LogP contribution in [-0.4, -0.2) is 27.5 Å². The maximum Gasteiger partial charge on any atom is 0.339 e. The first-order valence-corrected chi connectivity index (χ1v) is 4.97. The van der Waals surface area contributed by atoms with Crippen LogP contribution in [-0.2, 0) is 4.74 Å². The van der Waals surface area contributed by atoms with Gasteiger partial charge in [0.25, 0.3) is 0 Å². The molecule has 0 aliphatic heterocycles. The van der Waals surface area contributed by atoms with Gasteiger partial charge in [-0.25, -0.2) is 19.7 Å². The molecule has 2 heterocycles. The molecule has 0 saturated heterocycles. The molecule has 5 nitrogen and oxygen atoms in total. The SMILES string of the molecule is CCOC(=O)c1cnc2nc(C)ncc2c1. The summed E-state index contributed by atoms with van der Waals surface area (Å²) in [7, 11) is 0. The second-order valence-corrected chi connectivity index (χ2v) is 3.27. The summed E-state index contributed by atoms with van der Waals surface area (Å²) in [5.74, 6) is 0.279. The quantitative estimate of drug-likeness (QED) is 0.713. The largest absolute Gasteiger partial charge is 0.462 e. The fourth-order valence-corrected chi connectivity index (χ4v) is 1.33. The third-order valence-corrected chi connectivity index (χ3v) is 2.06. The zero-order chi connectivity index (χ0) is 11.5. The van der Waals surface area contributed by atoms with Crippen LogP contribution in [0.5, 0.6) is 0 Å². The smallest absolute Gasteiger partial charge is 0.339 e. The Hall–Kier alpha value is -2.04. The normalized spacial score (nSPS) is 10.4. The van der Waals surface area contributed by atoms with Crippen LogP contribution < -0.4 is 0 Å². The first-order valence-electron chi connectivity index (χ1n) is 4.97. The molecule has 0 amide bonds. The molecule has 2 aromatic rings. The van der Waals surface area contributed by atoms with E-state index >= 15 is 0 Å². The first kappa shape index (κ1) is 10.5. The molecule has 0 atom stereocenters. The summed E-state index contributed by atoms with van der Waals surface area (Å²) >= 11 is 0. The van der Waals surface area contributed by atoms with Gasteiger partial charge in [0.05, 0.1) is 12.2 Å². The van der Waals surface area contributed by atoms with Crippen LogP contribution in [0.3, 0.4) is 0 Å². The number of rotatable bonds is 2. The van der Waals surface area contributed by atoms with Crippen LogP contribution in [0.15, 0.2) is 18.5 Å². The summed E-state index contributed by atoms with van der Waals surface area (Å²) in [5, 5.41) is 0.733. The van der Waals surface area contributed by atoms with Crippen LogP contribution in [0.25, 0.3) is 11.0 Å². The van der Waals surface area contributed by atoms with Crippen LogP contribution in [0.2, 0.25) is 0 Å². The van der Waals surface area contributed by atoms with Gasteiger partial charge in [-0.15, -0.1) is 0 Å². The molecule has 0 aliphatic rings. The molecule has 0 aliphatic carbocycles. The fraction of sp³-hybridized carbons (Fsp3) is 0.273. The molecule has 0 radical (unpaired) electrons. The van der Waals surface area contributed by atoms with Crippen LogP contribution in [0.4, 0.5) is 0 Å². The highest BCUT2D eigenvalue weighted by molar-refractivity contribution is 5.92. The molecule has 2 rings (SSSR count). The Kier molecular flexibility index (Phi) is 2.76. The minimum Gasteiger partial charge on any atom is -0.462 e. The lowest BCUT2D eigenvalue weighted by Gasteiger charge is -2.02. The third kappa shape index (κ3) is 1.98. The minimum absolute atomic E-state index is 0.348. The Morgan fingerprint density at radius 1 is 1.38 bits per heavy atom. The van der Waals surface area contributed by atoms with E-state index in [1.54, 1.807) is 26.1 Å². The van der Waals surface area contributed by atoms with Crippen molar-refractivity contribution in [3.63, 3.8) is 0 Å². The molecule has 0 bridgehead atoms. The lowest BCUT2D eigenvalue weighted by Crippen LogP contribution is -2.05. The van der Waals surface area contributed by atoms with E-state index in [2.05, 4.69) is 15.0 Å². The highest BCUT2D eigenvalue weighted by Gasteiger charge is 2.08. The molecular formula is C11H11N3O2. The van der Waals surface area contributed by atoms with Gasteiger partial charge in [0, 0.05) is 17.8 Å². The number of carbonyl (C=O) groups excluding carboxylic acids is 1. The molecule has 2 aromatic heterocycles. The third-order valence-electron chi connectivity index (χ3n) is 2.06. The van der Waals surface area contributed by atoms with Crippen LogP contribution in [0, 0.1) is 6.92 Å². The molecule has 16 heavy (non-hydrogen) atoms. The Labute approximate surface area is 92.5 Å².